The highest BCUT2D eigenvalue weighted by molar-refractivity contribution is 5.88. The van der Waals surface area contributed by atoms with Crippen molar-refractivity contribution in [3.63, 3.8) is 0 Å². The minimum absolute atomic E-state index is 0.410. The normalized spacial score (nSPS) is 22.6. The van der Waals surface area contributed by atoms with E-state index in [2.05, 4.69) is 48.2 Å². The van der Waals surface area contributed by atoms with Crippen LogP contribution in [0.3, 0.4) is 0 Å². The van der Waals surface area contributed by atoms with E-state index < -0.39 is 0 Å². The molecule has 2 aromatic rings. The van der Waals surface area contributed by atoms with Crippen molar-refractivity contribution in [2.24, 2.45) is 5.92 Å². The first-order valence-electron chi connectivity index (χ1n) is 11.2. The molecule has 0 aromatic heterocycles. The SMILES string of the molecule is CCC1CCCN(Cc2ccc3c(OC4CCCCC4)cccc3c2)CC1. The van der Waals surface area contributed by atoms with E-state index in [9.17, 15) is 0 Å². The fourth-order valence-corrected chi connectivity index (χ4v) is 4.92. The highest BCUT2D eigenvalue weighted by Gasteiger charge is 2.17. The Labute approximate surface area is 164 Å². The summed E-state index contributed by atoms with van der Waals surface area (Å²) < 4.78 is 6.39. The van der Waals surface area contributed by atoms with Gasteiger partial charge in [-0.2, -0.15) is 0 Å². The van der Waals surface area contributed by atoms with Crippen LogP contribution in [0.2, 0.25) is 0 Å². The fraction of sp³-hybridized carbons (Fsp3) is 0.600. The molecule has 1 heterocycles. The van der Waals surface area contributed by atoms with E-state index in [0.29, 0.717) is 6.10 Å². The van der Waals surface area contributed by atoms with Crippen LogP contribution in [-0.4, -0.2) is 24.1 Å². The molecule has 1 aliphatic heterocycles. The van der Waals surface area contributed by atoms with Crippen LogP contribution in [0.1, 0.15) is 70.3 Å². The number of benzene rings is 2. The minimum Gasteiger partial charge on any atom is -0.490 e. The zero-order valence-corrected chi connectivity index (χ0v) is 17.0. The average molecular weight is 366 g/mol. The second kappa shape index (κ2) is 9.10. The number of ether oxygens (including phenoxy) is 1. The summed E-state index contributed by atoms with van der Waals surface area (Å²) >= 11 is 0. The maximum absolute atomic E-state index is 6.39. The largest absolute Gasteiger partial charge is 0.490 e. The number of hydrogen-bond acceptors (Lipinski definition) is 2. The van der Waals surface area contributed by atoms with Crippen molar-refractivity contribution in [1.29, 1.82) is 0 Å². The van der Waals surface area contributed by atoms with Crippen molar-refractivity contribution in [2.75, 3.05) is 13.1 Å². The van der Waals surface area contributed by atoms with Crippen molar-refractivity contribution in [1.82, 2.24) is 4.90 Å². The molecule has 0 N–H and O–H groups in total. The summed E-state index contributed by atoms with van der Waals surface area (Å²) in [5.74, 6) is 2.01. The van der Waals surface area contributed by atoms with E-state index >= 15 is 0 Å². The van der Waals surface area contributed by atoms with Crippen LogP contribution < -0.4 is 4.74 Å². The molecule has 2 nitrogen and oxygen atoms in total. The molecule has 0 amide bonds. The maximum atomic E-state index is 6.39. The van der Waals surface area contributed by atoms with Gasteiger partial charge in [-0.1, -0.05) is 44.0 Å². The molecule has 2 aliphatic rings. The lowest BCUT2D eigenvalue weighted by Gasteiger charge is -2.24. The van der Waals surface area contributed by atoms with Gasteiger partial charge in [0.25, 0.3) is 0 Å². The van der Waals surface area contributed by atoms with Crippen LogP contribution in [0.15, 0.2) is 36.4 Å². The Hall–Kier alpha value is -1.54. The van der Waals surface area contributed by atoms with Crippen LogP contribution in [0, 0.1) is 5.92 Å². The van der Waals surface area contributed by atoms with Gasteiger partial charge in [-0.3, -0.25) is 4.90 Å². The van der Waals surface area contributed by atoms with Crippen LogP contribution >= 0.6 is 0 Å². The summed E-state index contributed by atoms with van der Waals surface area (Å²) in [6.45, 7) is 5.93. The fourth-order valence-electron chi connectivity index (χ4n) is 4.92. The smallest absolute Gasteiger partial charge is 0.127 e. The van der Waals surface area contributed by atoms with E-state index in [0.717, 1.165) is 18.2 Å². The molecule has 1 saturated carbocycles. The summed E-state index contributed by atoms with van der Waals surface area (Å²) in [6.07, 6.45) is 12.3. The maximum Gasteiger partial charge on any atom is 0.127 e. The summed E-state index contributed by atoms with van der Waals surface area (Å²) in [5, 5.41) is 2.59. The predicted molar refractivity (Wildman–Crippen MR) is 114 cm³/mol. The van der Waals surface area contributed by atoms with Crippen molar-refractivity contribution in [3.8, 4) is 5.75 Å². The molecule has 1 atom stereocenters. The van der Waals surface area contributed by atoms with Gasteiger partial charge in [-0.15, -0.1) is 0 Å². The Morgan fingerprint density at radius 1 is 0.926 bits per heavy atom. The molecule has 1 aliphatic carbocycles. The highest BCUT2D eigenvalue weighted by Crippen LogP contribution is 2.31. The first-order valence-corrected chi connectivity index (χ1v) is 11.2. The van der Waals surface area contributed by atoms with Crippen LogP contribution in [0.25, 0.3) is 10.8 Å². The Kier molecular flexibility index (Phi) is 6.34. The van der Waals surface area contributed by atoms with Crippen molar-refractivity contribution < 1.29 is 4.74 Å². The van der Waals surface area contributed by atoms with Crippen molar-refractivity contribution in [3.05, 3.63) is 42.0 Å². The lowest BCUT2D eigenvalue weighted by Crippen LogP contribution is -2.24. The summed E-state index contributed by atoms with van der Waals surface area (Å²) in [6, 6.07) is 13.5. The molecule has 0 radical (unpaired) electrons. The lowest BCUT2D eigenvalue weighted by atomic mass is 9.97. The third kappa shape index (κ3) is 4.85. The van der Waals surface area contributed by atoms with E-state index in [-0.39, 0.29) is 0 Å². The molecule has 2 fully saturated rings. The summed E-state index contributed by atoms with van der Waals surface area (Å²) in [7, 11) is 0. The zero-order valence-electron chi connectivity index (χ0n) is 17.0. The van der Waals surface area contributed by atoms with Crippen molar-refractivity contribution in [2.45, 2.75) is 77.4 Å². The molecule has 0 bridgehead atoms. The third-order valence-corrected chi connectivity index (χ3v) is 6.67. The average Bonchev–Trinajstić information content (AvgIpc) is 2.94. The first-order chi connectivity index (χ1) is 13.3. The van der Waals surface area contributed by atoms with Gasteiger partial charge in [0, 0.05) is 11.9 Å². The molecule has 146 valence electrons. The summed E-state index contributed by atoms with van der Waals surface area (Å²) in [5.41, 5.74) is 1.44. The Bertz CT molecular complexity index is 734. The number of nitrogens with zero attached hydrogens (tertiary/aromatic N) is 1. The van der Waals surface area contributed by atoms with Crippen LogP contribution in [-0.2, 0) is 6.54 Å². The van der Waals surface area contributed by atoms with Gasteiger partial charge in [0.2, 0.25) is 0 Å². The van der Waals surface area contributed by atoms with E-state index in [1.807, 2.05) is 0 Å². The molecule has 2 heteroatoms. The van der Waals surface area contributed by atoms with Crippen LogP contribution in [0.4, 0.5) is 0 Å². The molecule has 1 unspecified atom stereocenters. The minimum atomic E-state index is 0.410. The number of hydrogen-bond donors (Lipinski definition) is 0. The Balaban J connectivity index is 1.46. The molecule has 1 saturated heterocycles. The lowest BCUT2D eigenvalue weighted by molar-refractivity contribution is 0.157. The highest BCUT2D eigenvalue weighted by atomic mass is 16.5. The monoisotopic (exact) mass is 365 g/mol. The number of fused-ring (bicyclic) bond motifs is 1. The van der Waals surface area contributed by atoms with Gasteiger partial charge < -0.3 is 4.74 Å². The molecule has 4 rings (SSSR count). The van der Waals surface area contributed by atoms with Crippen LogP contribution in [0.5, 0.6) is 5.75 Å². The Morgan fingerprint density at radius 3 is 2.67 bits per heavy atom. The third-order valence-electron chi connectivity index (χ3n) is 6.67. The second-order valence-electron chi connectivity index (χ2n) is 8.67. The standard InChI is InChI=1S/C25H35NO/c1-2-20-8-7-16-26(17-15-20)19-21-13-14-24-22(18-21)9-6-12-25(24)27-23-10-4-3-5-11-23/h6,9,12-14,18,20,23H,2-5,7-8,10-11,15-17,19H2,1H3. The number of rotatable bonds is 5. The molecule has 27 heavy (non-hydrogen) atoms. The molecular weight excluding hydrogens is 330 g/mol. The summed E-state index contributed by atoms with van der Waals surface area (Å²) in [4.78, 5) is 2.65. The predicted octanol–water partition coefficient (Wildman–Crippen LogP) is 6.56. The van der Waals surface area contributed by atoms with Gasteiger partial charge in [0.1, 0.15) is 5.75 Å². The van der Waals surface area contributed by atoms with E-state index in [1.54, 1.807) is 0 Å². The molecule has 0 spiro atoms. The van der Waals surface area contributed by atoms with E-state index in [4.69, 9.17) is 4.74 Å². The quantitative estimate of drug-likeness (QED) is 0.594. The van der Waals surface area contributed by atoms with Gasteiger partial charge in [-0.25, -0.2) is 0 Å². The van der Waals surface area contributed by atoms with E-state index in [1.165, 1.54) is 87.2 Å². The van der Waals surface area contributed by atoms with Gasteiger partial charge >= 0.3 is 0 Å². The molecule has 2 aromatic carbocycles. The topological polar surface area (TPSA) is 12.5 Å². The van der Waals surface area contributed by atoms with Gasteiger partial charge in [0.05, 0.1) is 6.10 Å². The van der Waals surface area contributed by atoms with Gasteiger partial charge in [0.15, 0.2) is 0 Å². The molecular formula is C25H35NO. The van der Waals surface area contributed by atoms with Gasteiger partial charge in [-0.05, 0) is 87.0 Å². The number of likely N-dealkylation sites (tertiary alicyclic amines) is 1. The second-order valence-corrected chi connectivity index (χ2v) is 8.67. The van der Waals surface area contributed by atoms with Crippen molar-refractivity contribution >= 4 is 10.8 Å². The Morgan fingerprint density at radius 2 is 1.81 bits per heavy atom. The first kappa shape index (κ1) is 18.8. The zero-order chi connectivity index (χ0) is 18.5.